The average Bonchev–Trinajstić information content (AvgIpc) is 2.69. The fraction of sp³-hybridized carbons (Fsp3) is 0.632. The Morgan fingerprint density at radius 2 is 1.88 bits per heavy atom. The number of hydrogen-bond acceptors (Lipinski definition) is 5. The van der Waals surface area contributed by atoms with Crippen molar-refractivity contribution < 1.29 is 14.3 Å². The second kappa shape index (κ2) is 9.09. The van der Waals surface area contributed by atoms with Crippen molar-refractivity contribution in [1.82, 2.24) is 15.1 Å². The molecular weight excluding hydrogens is 332 g/mol. The third kappa shape index (κ3) is 4.80. The Labute approximate surface area is 155 Å². The summed E-state index contributed by atoms with van der Waals surface area (Å²) in [7, 11) is 1.70. The van der Waals surface area contributed by atoms with E-state index >= 15 is 0 Å². The van der Waals surface area contributed by atoms with Crippen molar-refractivity contribution in [3.8, 4) is 5.75 Å². The zero-order chi connectivity index (χ0) is 18.4. The van der Waals surface area contributed by atoms with Gasteiger partial charge >= 0.3 is 6.03 Å². The summed E-state index contributed by atoms with van der Waals surface area (Å²) in [6, 6.07) is 6.25. The van der Waals surface area contributed by atoms with Crippen LogP contribution in [-0.4, -0.2) is 88.5 Å². The molecule has 7 nitrogen and oxygen atoms in total. The van der Waals surface area contributed by atoms with Crippen molar-refractivity contribution in [3.05, 3.63) is 23.8 Å². The normalized spacial score (nSPS) is 18.7. The van der Waals surface area contributed by atoms with Crippen LogP contribution in [0.5, 0.6) is 5.75 Å². The van der Waals surface area contributed by atoms with Gasteiger partial charge in [-0.1, -0.05) is 6.07 Å². The van der Waals surface area contributed by atoms with E-state index in [0.29, 0.717) is 6.54 Å². The zero-order valence-corrected chi connectivity index (χ0v) is 15.9. The highest BCUT2D eigenvalue weighted by molar-refractivity contribution is 5.74. The minimum Gasteiger partial charge on any atom is -0.495 e. The Balaban J connectivity index is 1.44. The number of nitrogens with zero attached hydrogens (tertiary/aromatic N) is 3. The smallest absolute Gasteiger partial charge is 0.317 e. The summed E-state index contributed by atoms with van der Waals surface area (Å²) in [6.45, 7) is 10.2. The van der Waals surface area contributed by atoms with Crippen LogP contribution < -0.4 is 15.0 Å². The first-order chi connectivity index (χ1) is 12.7. The number of piperazine rings is 1. The fourth-order valence-electron chi connectivity index (χ4n) is 3.46. The van der Waals surface area contributed by atoms with Gasteiger partial charge in [-0.2, -0.15) is 0 Å². The molecule has 3 rings (SSSR count). The SMILES string of the molecule is COc1ccc(C)cc1N1CCN(C(=O)NCCN2CCOCC2)CC1. The van der Waals surface area contributed by atoms with Gasteiger partial charge in [-0.15, -0.1) is 0 Å². The Morgan fingerprint density at radius 1 is 1.15 bits per heavy atom. The molecule has 26 heavy (non-hydrogen) atoms. The molecule has 0 saturated carbocycles. The first-order valence-corrected chi connectivity index (χ1v) is 9.40. The Morgan fingerprint density at radius 3 is 2.58 bits per heavy atom. The van der Waals surface area contributed by atoms with Gasteiger partial charge in [0, 0.05) is 52.4 Å². The van der Waals surface area contributed by atoms with Gasteiger partial charge in [0.1, 0.15) is 5.75 Å². The molecular formula is C19H30N4O3. The van der Waals surface area contributed by atoms with Crippen LogP contribution >= 0.6 is 0 Å². The Bertz CT molecular complexity index is 596. The van der Waals surface area contributed by atoms with Crippen LogP contribution in [0.1, 0.15) is 5.56 Å². The summed E-state index contributed by atoms with van der Waals surface area (Å²) in [5, 5.41) is 3.05. The minimum absolute atomic E-state index is 0.0362. The summed E-state index contributed by atoms with van der Waals surface area (Å²) in [4.78, 5) is 18.9. The van der Waals surface area contributed by atoms with E-state index in [0.717, 1.165) is 70.5 Å². The number of methoxy groups -OCH3 is 1. The zero-order valence-electron chi connectivity index (χ0n) is 15.9. The molecule has 1 aromatic rings. The van der Waals surface area contributed by atoms with Gasteiger partial charge in [0.2, 0.25) is 0 Å². The number of morpholine rings is 1. The lowest BCUT2D eigenvalue weighted by Crippen LogP contribution is -2.53. The molecule has 0 radical (unpaired) electrons. The predicted molar refractivity (Wildman–Crippen MR) is 102 cm³/mol. The topological polar surface area (TPSA) is 57.3 Å². The summed E-state index contributed by atoms with van der Waals surface area (Å²) in [6.07, 6.45) is 0. The number of aryl methyl sites for hydroxylation is 1. The largest absolute Gasteiger partial charge is 0.495 e. The number of benzene rings is 1. The van der Waals surface area contributed by atoms with Crippen LogP contribution in [0.3, 0.4) is 0 Å². The molecule has 0 atom stereocenters. The molecule has 0 spiro atoms. The van der Waals surface area contributed by atoms with E-state index in [9.17, 15) is 4.79 Å². The summed E-state index contributed by atoms with van der Waals surface area (Å²) in [5.41, 5.74) is 2.32. The lowest BCUT2D eigenvalue weighted by Gasteiger charge is -2.37. The van der Waals surface area contributed by atoms with E-state index in [4.69, 9.17) is 9.47 Å². The summed E-state index contributed by atoms with van der Waals surface area (Å²) >= 11 is 0. The standard InChI is InChI=1S/C19H30N4O3/c1-16-3-4-18(25-2)17(15-16)22-7-9-23(10-8-22)19(24)20-5-6-21-11-13-26-14-12-21/h3-4,15H,5-14H2,1-2H3,(H,20,24). The first-order valence-electron chi connectivity index (χ1n) is 9.40. The highest BCUT2D eigenvalue weighted by atomic mass is 16.5. The molecule has 0 unspecified atom stereocenters. The number of ether oxygens (including phenoxy) is 2. The van der Waals surface area contributed by atoms with Gasteiger partial charge in [0.05, 0.1) is 26.0 Å². The number of nitrogens with one attached hydrogen (secondary N) is 1. The van der Waals surface area contributed by atoms with Gasteiger partial charge in [-0.25, -0.2) is 4.79 Å². The maximum absolute atomic E-state index is 12.4. The molecule has 2 saturated heterocycles. The molecule has 2 aliphatic rings. The number of hydrogen-bond donors (Lipinski definition) is 1. The van der Waals surface area contributed by atoms with Gasteiger partial charge in [0.25, 0.3) is 0 Å². The third-order valence-electron chi connectivity index (χ3n) is 5.05. The molecule has 0 bridgehead atoms. The molecule has 7 heteroatoms. The minimum atomic E-state index is 0.0362. The van der Waals surface area contributed by atoms with Crippen molar-refractivity contribution >= 4 is 11.7 Å². The number of carbonyl (C=O) groups is 1. The lowest BCUT2D eigenvalue weighted by atomic mass is 10.1. The average molecular weight is 362 g/mol. The van der Waals surface area contributed by atoms with Gasteiger partial charge in [-0.05, 0) is 24.6 Å². The van der Waals surface area contributed by atoms with E-state index in [1.165, 1.54) is 5.56 Å². The molecule has 144 valence electrons. The molecule has 1 N–H and O–H groups in total. The maximum atomic E-state index is 12.4. The lowest BCUT2D eigenvalue weighted by molar-refractivity contribution is 0.0386. The van der Waals surface area contributed by atoms with Crippen LogP contribution in [0.15, 0.2) is 18.2 Å². The number of urea groups is 1. The molecule has 2 amide bonds. The van der Waals surface area contributed by atoms with Crippen LogP contribution in [0.4, 0.5) is 10.5 Å². The van der Waals surface area contributed by atoms with E-state index in [1.54, 1.807) is 7.11 Å². The maximum Gasteiger partial charge on any atom is 0.317 e. The molecule has 1 aromatic carbocycles. The van der Waals surface area contributed by atoms with Crippen molar-refractivity contribution in [2.75, 3.05) is 77.6 Å². The predicted octanol–water partition coefficient (Wildman–Crippen LogP) is 1.17. The van der Waals surface area contributed by atoms with Gasteiger partial charge in [-0.3, -0.25) is 4.90 Å². The van der Waals surface area contributed by atoms with Crippen LogP contribution in [-0.2, 0) is 4.74 Å². The summed E-state index contributed by atoms with van der Waals surface area (Å²) in [5.74, 6) is 0.888. The highest BCUT2D eigenvalue weighted by Gasteiger charge is 2.23. The number of carbonyl (C=O) groups excluding carboxylic acids is 1. The molecule has 2 aliphatic heterocycles. The number of amides is 2. The van der Waals surface area contributed by atoms with Crippen LogP contribution in [0.2, 0.25) is 0 Å². The van der Waals surface area contributed by atoms with Crippen molar-refractivity contribution in [2.45, 2.75) is 6.92 Å². The Kier molecular flexibility index (Phi) is 6.57. The van der Waals surface area contributed by atoms with E-state index in [-0.39, 0.29) is 6.03 Å². The summed E-state index contributed by atoms with van der Waals surface area (Å²) < 4.78 is 10.8. The Hall–Kier alpha value is -1.99. The second-order valence-electron chi connectivity index (χ2n) is 6.84. The molecule has 2 fully saturated rings. The van der Waals surface area contributed by atoms with E-state index in [2.05, 4.69) is 34.2 Å². The number of anilines is 1. The van der Waals surface area contributed by atoms with E-state index < -0.39 is 0 Å². The molecule has 2 heterocycles. The third-order valence-corrected chi connectivity index (χ3v) is 5.05. The van der Waals surface area contributed by atoms with Crippen molar-refractivity contribution in [1.29, 1.82) is 0 Å². The van der Waals surface area contributed by atoms with Gasteiger partial charge in [0.15, 0.2) is 0 Å². The quantitative estimate of drug-likeness (QED) is 0.852. The monoisotopic (exact) mass is 362 g/mol. The van der Waals surface area contributed by atoms with E-state index in [1.807, 2.05) is 11.0 Å². The van der Waals surface area contributed by atoms with Crippen LogP contribution in [0.25, 0.3) is 0 Å². The van der Waals surface area contributed by atoms with Crippen LogP contribution in [0, 0.1) is 6.92 Å². The number of rotatable bonds is 5. The fourth-order valence-corrected chi connectivity index (χ4v) is 3.46. The second-order valence-corrected chi connectivity index (χ2v) is 6.84. The first kappa shape index (κ1) is 18.8. The van der Waals surface area contributed by atoms with Gasteiger partial charge < -0.3 is 24.6 Å². The van der Waals surface area contributed by atoms with Crippen molar-refractivity contribution in [2.24, 2.45) is 0 Å². The van der Waals surface area contributed by atoms with Crippen molar-refractivity contribution in [3.63, 3.8) is 0 Å². The molecule has 0 aromatic heterocycles. The highest BCUT2D eigenvalue weighted by Crippen LogP contribution is 2.29. The molecule has 0 aliphatic carbocycles.